The Morgan fingerprint density at radius 2 is 0.559 bits per heavy atom. The van der Waals surface area contributed by atoms with Crippen molar-refractivity contribution in [3.8, 4) is 0 Å². The molecule has 0 aliphatic carbocycles. The van der Waals surface area contributed by atoms with Crippen molar-refractivity contribution in [3.05, 3.63) is 12.2 Å². The lowest BCUT2D eigenvalue weighted by atomic mass is 10.0. The summed E-state index contributed by atoms with van der Waals surface area (Å²) >= 11 is 0. The third-order valence-corrected chi connectivity index (χ3v) is 11.8. The quantitative estimate of drug-likeness (QED) is 0.0263. The van der Waals surface area contributed by atoms with Crippen LogP contribution in [0.5, 0.6) is 0 Å². The molecule has 0 aromatic heterocycles. The van der Waals surface area contributed by atoms with Crippen molar-refractivity contribution < 1.29 is 28.6 Å². The third-order valence-electron chi connectivity index (χ3n) is 11.8. The number of hydrogen-bond acceptors (Lipinski definition) is 6. The van der Waals surface area contributed by atoms with Crippen LogP contribution in [0.1, 0.15) is 290 Å². The lowest BCUT2D eigenvalue weighted by Gasteiger charge is -2.18. The van der Waals surface area contributed by atoms with Crippen molar-refractivity contribution >= 4 is 17.9 Å². The molecule has 0 aromatic rings. The number of carbonyl (C=O) groups is 3. The lowest BCUT2D eigenvalue weighted by Crippen LogP contribution is -2.30. The zero-order valence-corrected chi connectivity index (χ0v) is 39.8. The van der Waals surface area contributed by atoms with E-state index in [0.717, 1.165) is 64.2 Å². The summed E-state index contributed by atoms with van der Waals surface area (Å²) in [4.78, 5) is 37.9. The summed E-state index contributed by atoms with van der Waals surface area (Å²) in [7, 11) is 0. The number of ether oxygens (including phenoxy) is 3. The Kier molecular flexibility index (Phi) is 47.3. The standard InChI is InChI=1S/C53H100O6/c1-4-7-10-13-16-19-22-25-26-29-31-34-37-40-43-46-52(55)58-49-50(59-53(56)47-44-41-38-35-32-28-24-21-18-15-12-9-6-3)48-57-51(54)45-42-39-36-33-30-27-23-20-17-14-11-8-5-2/h21,24,50H,4-20,22-23,25-49H2,1-3H3. The van der Waals surface area contributed by atoms with Crippen molar-refractivity contribution in [2.24, 2.45) is 0 Å². The molecule has 59 heavy (non-hydrogen) atoms. The number of allylic oxidation sites excluding steroid dienone is 2. The Hall–Kier alpha value is -1.85. The van der Waals surface area contributed by atoms with Crippen molar-refractivity contribution in [2.75, 3.05) is 13.2 Å². The number of carbonyl (C=O) groups excluding carboxylic acids is 3. The average Bonchev–Trinajstić information content (AvgIpc) is 3.23. The van der Waals surface area contributed by atoms with Crippen LogP contribution >= 0.6 is 0 Å². The van der Waals surface area contributed by atoms with Crippen LogP contribution in [-0.2, 0) is 28.6 Å². The Labute approximate surface area is 367 Å². The van der Waals surface area contributed by atoms with Crippen molar-refractivity contribution in [1.82, 2.24) is 0 Å². The predicted octanol–water partition coefficient (Wildman–Crippen LogP) is 17.0. The molecular formula is C53H100O6. The van der Waals surface area contributed by atoms with Crippen LogP contribution in [0.25, 0.3) is 0 Å². The maximum absolute atomic E-state index is 12.8. The van der Waals surface area contributed by atoms with Gasteiger partial charge in [0.15, 0.2) is 6.10 Å². The van der Waals surface area contributed by atoms with E-state index in [0.29, 0.717) is 19.3 Å². The smallest absolute Gasteiger partial charge is 0.306 e. The number of esters is 3. The first-order chi connectivity index (χ1) is 29.0. The Morgan fingerprint density at radius 3 is 0.864 bits per heavy atom. The first-order valence-electron chi connectivity index (χ1n) is 26.2. The normalized spacial score (nSPS) is 12.0. The molecule has 0 N–H and O–H groups in total. The van der Waals surface area contributed by atoms with Gasteiger partial charge in [-0.1, -0.05) is 238 Å². The summed E-state index contributed by atoms with van der Waals surface area (Å²) < 4.78 is 16.8. The molecule has 6 heteroatoms. The van der Waals surface area contributed by atoms with Gasteiger partial charge in [-0.3, -0.25) is 14.4 Å². The molecular weight excluding hydrogens is 733 g/mol. The topological polar surface area (TPSA) is 78.9 Å². The van der Waals surface area contributed by atoms with Gasteiger partial charge in [0, 0.05) is 19.3 Å². The number of hydrogen-bond donors (Lipinski definition) is 0. The second-order valence-electron chi connectivity index (χ2n) is 17.8. The SMILES string of the molecule is CCCCCCC=CCCCCCCCC(=O)OC(COC(=O)CCCCCCCCCCCCCCC)COC(=O)CCCCCCCCCCCCCCCCC. The van der Waals surface area contributed by atoms with Crippen LogP contribution in [-0.4, -0.2) is 37.2 Å². The fraction of sp³-hybridized carbons (Fsp3) is 0.906. The van der Waals surface area contributed by atoms with E-state index in [1.54, 1.807) is 0 Å². The van der Waals surface area contributed by atoms with E-state index >= 15 is 0 Å². The molecule has 0 amide bonds. The van der Waals surface area contributed by atoms with Gasteiger partial charge in [-0.2, -0.15) is 0 Å². The maximum atomic E-state index is 12.8. The highest BCUT2D eigenvalue weighted by Gasteiger charge is 2.19. The third kappa shape index (κ3) is 47.1. The fourth-order valence-electron chi connectivity index (χ4n) is 7.79. The van der Waals surface area contributed by atoms with Crippen molar-refractivity contribution in [1.29, 1.82) is 0 Å². The first-order valence-corrected chi connectivity index (χ1v) is 26.2. The minimum Gasteiger partial charge on any atom is -0.462 e. The summed E-state index contributed by atoms with van der Waals surface area (Å²) in [6.07, 6.45) is 53.3. The number of unbranched alkanes of at least 4 members (excludes halogenated alkanes) is 35. The highest BCUT2D eigenvalue weighted by atomic mass is 16.6. The molecule has 0 heterocycles. The van der Waals surface area contributed by atoms with E-state index in [1.165, 1.54) is 186 Å². The fourth-order valence-corrected chi connectivity index (χ4v) is 7.79. The molecule has 0 rings (SSSR count). The predicted molar refractivity (Wildman–Crippen MR) is 252 cm³/mol. The molecule has 0 bridgehead atoms. The van der Waals surface area contributed by atoms with Gasteiger partial charge in [0.05, 0.1) is 0 Å². The van der Waals surface area contributed by atoms with E-state index in [1.807, 2.05) is 0 Å². The van der Waals surface area contributed by atoms with E-state index < -0.39 is 6.10 Å². The van der Waals surface area contributed by atoms with Gasteiger partial charge in [0.2, 0.25) is 0 Å². The van der Waals surface area contributed by atoms with Crippen LogP contribution in [0, 0.1) is 0 Å². The van der Waals surface area contributed by atoms with E-state index in [9.17, 15) is 14.4 Å². The Bertz CT molecular complexity index is 916. The summed E-state index contributed by atoms with van der Waals surface area (Å²) in [6.45, 7) is 6.65. The van der Waals surface area contributed by atoms with Crippen LogP contribution < -0.4 is 0 Å². The molecule has 0 radical (unpaired) electrons. The molecule has 0 aliphatic rings. The molecule has 1 unspecified atom stereocenters. The monoisotopic (exact) mass is 833 g/mol. The highest BCUT2D eigenvalue weighted by Crippen LogP contribution is 2.16. The first kappa shape index (κ1) is 57.1. The van der Waals surface area contributed by atoms with Crippen LogP contribution in [0.3, 0.4) is 0 Å². The minimum atomic E-state index is -0.767. The van der Waals surface area contributed by atoms with E-state index in [4.69, 9.17) is 14.2 Å². The maximum Gasteiger partial charge on any atom is 0.306 e. The molecule has 1 atom stereocenters. The van der Waals surface area contributed by atoms with Crippen molar-refractivity contribution in [2.45, 2.75) is 297 Å². The lowest BCUT2D eigenvalue weighted by molar-refractivity contribution is -0.167. The Balaban J connectivity index is 4.33. The van der Waals surface area contributed by atoms with E-state index in [-0.39, 0.29) is 31.1 Å². The molecule has 0 fully saturated rings. The van der Waals surface area contributed by atoms with Gasteiger partial charge in [-0.25, -0.2) is 0 Å². The average molecular weight is 833 g/mol. The molecule has 6 nitrogen and oxygen atoms in total. The molecule has 0 spiro atoms. The highest BCUT2D eigenvalue weighted by molar-refractivity contribution is 5.71. The van der Waals surface area contributed by atoms with E-state index in [2.05, 4.69) is 32.9 Å². The summed E-state index contributed by atoms with van der Waals surface area (Å²) in [5, 5.41) is 0. The molecule has 0 saturated heterocycles. The second kappa shape index (κ2) is 48.8. The van der Waals surface area contributed by atoms with Crippen molar-refractivity contribution in [3.63, 3.8) is 0 Å². The van der Waals surface area contributed by atoms with Gasteiger partial charge in [-0.15, -0.1) is 0 Å². The molecule has 0 aromatic carbocycles. The zero-order chi connectivity index (χ0) is 43.0. The molecule has 348 valence electrons. The van der Waals surface area contributed by atoms with Gasteiger partial charge in [-0.05, 0) is 44.9 Å². The van der Waals surface area contributed by atoms with Gasteiger partial charge in [0.1, 0.15) is 13.2 Å². The minimum absolute atomic E-state index is 0.0680. The van der Waals surface area contributed by atoms with Gasteiger partial charge in [0.25, 0.3) is 0 Å². The Morgan fingerprint density at radius 1 is 0.322 bits per heavy atom. The largest absolute Gasteiger partial charge is 0.462 e. The zero-order valence-electron chi connectivity index (χ0n) is 39.8. The summed E-state index contributed by atoms with van der Waals surface area (Å²) in [5.41, 5.74) is 0. The van der Waals surface area contributed by atoms with Crippen LogP contribution in [0.15, 0.2) is 12.2 Å². The molecule has 0 aliphatic heterocycles. The van der Waals surface area contributed by atoms with Crippen LogP contribution in [0.2, 0.25) is 0 Å². The summed E-state index contributed by atoms with van der Waals surface area (Å²) in [6, 6.07) is 0. The molecule has 0 saturated carbocycles. The van der Waals surface area contributed by atoms with Gasteiger partial charge >= 0.3 is 17.9 Å². The second-order valence-corrected chi connectivity index (χ2v) is 17.8. The van der Waals surface area contributed by atoms with Gasteiger partial charge < -0.3 is 14.2 Å². The number of rotatable bonds is 48. The summed E-state index contributed by atoms with van der Waals surface area (Å²) in [5.74, 6) is -0.859. The van der Waals surface area contributed by atoms with Crippen LogP contribution in [0.4, 0.5) is 0 Å².